The Bertz CT molecular complexity index is 149. The SMILES string of the molecule is C=CC(=O)O.CC(O)C(=O)O. The largest absolute Gasteiger partial charge is 0.479 e. The van der Waals surface area contributed by atoms with E-state index in [9.17, 15) is 9.59 Å². The van der Waals surface area contributed by atoms with Gasteiger partial charge in [0.1, 0.15) is 6.10 Å². The smallest absolute Gasteiger partial charge is 0.332 e. The van der Waals surface area contributed by atoms with Crippen molar-refractivity contribution in [3.63, 3.8) is 0 Å². The Hall–Kier alpha value is -1.36. The van der Waals surface area contributed by atoms with Crippen LogP contribution in [0.1, 0.15) is 6.92 Å². The van der Waals surface area contributed by atoms with E-state index in [-0.39, 0.29) is 0 Å². The molecule has 1 unspecified atom stereocenters. The molecule has 0 aliphatic heterocycles. The molecule has 0 heterocycles. The van der Waals surface area contributed by atoms with Crippen LogP contribution in [0.5, 0.6) is 0 Å². The molecule has 0 rings (SSSR count). The summed E-state index contributed by atoms with van der Waals surface area (Å²) >= 11 is 0. The highest BCUT2D eigenvalue weighted by Gasteiger charge is 2.01. The molecule has 5 heteroatoms. The Labute approximate surface area is 63.6 Å². The minimum Gasteiger partial charge on any atom is -0.479 e. The zero-order chi connectivity index (χ0) is 9.44. The quantitative estimate of drug-likeness (QED) is 0.485. The summed E-state index contributed by atoms with van der Waals surface area (Å²) in [5, 5.41) is 23.4. The third-order valence-electron chi connectivity index (χ3n) is 0.532. The van der Waals surface area contributed by atoms with E-state index in [2.05, 4.69) is 6.58 Å². The second-order valence-corrected chi connectivity index (χ2v) is 1.56. The van der Waals surface area contributed by atoms with Crippen LogP contribution in [0.4, 0.5) is 0 Å². The van der Waals surface area contributed by atoms with Gasteiger partial charge in [-0.25, -0.2) is 9.59 Å². The fraction of sp³-hybridized carbons (Fsp3) is 0.333. The molecule has 1 atom stereocenters. The first-order chi connectivity index (χ1) is 4.91. The third kappa shape index (κ3) is 17.7. The van der Waals surface area contributed by atoms with Gasteiger partial charge in [0, 0.05) is 6.08 Å². The lowest BCUT2D eigenvalue weighted by Gasteiger charge is -1.89. The molecule has 5 nitrogen and oxygen atoms in total. The molecule has 0 saturated heterocycles. The zero-order valence-corrected chi connectivity index (χ0v) is 6.02. The maximum absolute atomic E-state index is 9.45. The van der Waals surface area contributed by atoms with Gasteiger partial charge < -0.3 is 15.3 Å². The molecule has 0 spiro atoms. The summed E-state index contributed by atoms with van der Waals surface area (Å²) in [5.74, 6) is -2.17. The van der Waals surface area contributed by atoms with Crippen LogP contribution in [0, 0.1) is 0 Å². The van der Waals surface area contributed by atoms with Crippen molar-refractivity contribution < 1.29 is 24.9 Å². The van der Waals surface area contributed by atoms with Crippen molar-refractivity contribution in [3.05, 3.63) is 12.7 Å². The Morgan fingerprint density at radius 2 is 1.64 bits per heavy atom. The second kappa shape index (κ2) is 6.76. The van der Waals surface area contributed by atoms with Crippen LogP contribution in [0.2, 0.25) is 0 Å². The molecule has 0 bridgehead atoms. The maximum Gasteiger partial charge on any atom is 0.332 e. The lowest BCUT2D eigenvalue weighted by Crippen LogP contribution is -2.13. The number of carbonyl (C=O) groups is 2. The van der Waals surface area contributed by atoms with Crippen molar-refractivity contribution in [1.82, 2.24) is 0 Å². The highest BCUT2D eigenvalue weighted by Crippen LogP contribution is 1.73. The number of carboxylic acids is 2. The van der Waals surface area contributed by atoms with Gasteiger partial charge in [-0.15, -0.1) is 0 Å². The summed E-state index contributed by atoms with van der Waals surface area (Å²) in [7, 11) is 0. The molecule has 0 aromatic carbocycles. The molecule has 0 aromatic heterocycles. The fourth-order valence-corrected chi connectivity index (χ4v) is 0. The highest BCUT2D eigenvalue weighted by molar-refractivity contribution is 5.78. The summed E-state index contributed by atoms with van der Waals surface area (Å²) in [6, 6.07) is 0. The van der Waals surface area contributed by atoms with Gasteiger partial charge in [-0.05, 0) is 6.92 Å². The van der Waals surface area contributed by atoms with Crippen LogP contribution in [0.15, 0.2) is 12.7 Å². The number of hydrogen-bond donors (Lipinski definition) is 3. The molecule has 0 fully saturated rings. The van der Waals surface area contributed by atoms with E-state index >= 15 is 0 Å². The molecule has 0 aromatic rings. The van der Waals surface area contributed by atoms with Crippen molar-refractivity contribution in [1.29, 1.82) is 0 Å². The predicted octanol–water partition coefficient (Wildman–Crippen LogP) is -0.291. The van der Waals surface area contributed by atoms with Crippen LogP contribution >= 0.6 is 0 Å². The van der Waals surface area contributed by atoms with Crippen molar-refractivity contribution in [2.45, 2.75) is 13.0 Å². The van der Waals surface area contributed by atoms with Gasteiger partial charge >= 0.3 is 11.9 Å². The lowest BCUT2D eigenvalue weighted by atomic mass is 10.4. The van der Waals surface area contributed by atoms with Crippen molar-refractivity contribution in [2.24, 2.45) is 0 Å². The average Bonchev–Trinajstić information content (AvgIpc) is 1.89. The standard InChI is InChI=1S/C3H6O3.C3H4O2/c1-2(4)3(5)6;1-2-3(4)5/h2,4H,1H3,(H,5,6);2H,1H2,(H,4,5). The van der Waals surface area contributed by atoms with Gasteiger partial charge in [0.15, 0.2) is 0 Å². The second-order valence-electron chi connectivity index (χ2n) is 1.56. The number of aliphatic carboxylic acids is 2. The fourth-order valence-electron chi connectivity index (χ4n) is 0. The first-order valence-electron chi connectivity index (χ1n) is 2.68. The van der Waals surface area contributed by atoms with Crippen molar-refractivity contribution in [2.75, 3.05) is 0 Å². The van der Waals surface area contributed by atoms with E-state index < -0.39 is 18.0 Å². The summed E-state index contributed by atoms with van der Waals surface area (Å²) in [4.78, 5) is 18.7. The summed E-state index contributed by atoms with van der Waals surface area (Å²) < 4.78 is 0. The average molecular weight is 162 g/mol. The Morgan fingerprint density at radius 1 is 1.45 bits per heavy atom. The first-order valence-corrected chi connectivity index (χ1v) is 2.68. The molecule has 0 saturated carbocycles. The van der Waals surface area contributed by atoms with E-state index in [1.165, 1.54) is 6.92 Å². The molecule has 0 radical (unpaired) electrons. The molecule has 0 aliphatic rings. The lowest BCUT2D eigenvalue weighted by molar-refractivity contribution is -0.145. The highest BCUT2D eigenvalue weighted by atomic mass is 16.4. The van der Waals surface area contributed by atoms with Crippen LogP contribution in [-0.2, 0) is 9.59 Å². The number of hydrogen-bond acceptors (Lipinski definition) is 3. The Balaban J connectivity index is 0. The molecule has 3 N–H and O–H groups in total. The van der Waals surface area contributed by atoms with Crippen LogP contribution in [-0.4, -0.2) is 33.4 Å². The van der Waals surface area contributed by atoms with E-state index in [4.69, 9.17) is 15.3 Å². The summed E-state index contributed by atoms with van der Waals surface area (Å²) in [5.41, 5.74) is 0. The van der Waals surface area contributed by atoms with Crippen LogP contribution in [0.25, 0.3) is 0 Å². The number of carboxylic acid groups (broad SMARTS) is 2. The maximum atomic E-state index is 9.45. The predicted molar refractivity (Wildman–Crippen MR) is 37.1 cm³/mol. The summed E-state index contributed by atoms with van der Waals surface area (Å²) in [6.07, 6.45) is -0.398. The minimum absolute atomic E-state index is 0.833. The van der Waals surface area contributed by atoms with Gasteiger partial charge in [0.2, 0.25) is 0 Å². The van der Waals surface area contributed by atoms with Crippen LogP contribution in [0.3, 0.4) is 0 Å². The number of aliphatic hydroxyl groups excluding tert-OH is 1. The first kappa shape index (κ1) is 12.3. The van der Waals surface area contributed by atoms with E-state index in [1.54, 1.807) is 0 Å². The van der Waals surface area contributed by atoms with Gasteiger partial charge in [-0.1, -0.05) is 6.58 Å². The van der Waals surface area contributed by atoms with Crippen molar-refractivity contribution in [3.8, 4) is 0 Å². The molecule has 0 aliphatic carbocycles. The minimum atomic E-state index is -1.23. The van der Waals surface area contributed by atoms with E-state index in [0.717, 1.165) is 6.08 Å². The molecular weight excluding hydrogens is 152 g/mol. The normalized spacial score (nSPS) is 10.4. The molecule has 11 heavy (non-hydrogen) atoms. The zero-order valence-electron chi connectivity index (χ0n) is 6.02. The molecular formula is C6H10O5. The van der Waals surface area contributed by atoms with Gasteiger partial charge in [-0.3, -0.25) is 0 Å². The van der Waals surface area contributed by atoms with Gasteiger partial charge in [0.05, 0.1) is 0 Å². The monoisotopic (exact) mass is 162 g/mol. The number of aliphatic hydroxyl groups is 1. The van der Waals surface area contributed by atoms with E-state index in [0.29, 0.717) is 0 Å². The van der Waals surface area contributed by atoms with Gasteiger partial charge in [-0.2, -0.15) is 0 Å². The molecule has 0 amide bonds. The Kier molecular flexibility index (Phi) is 7.57. The van der Waals surface area contributed by atoms with Crippen LogP contribution < -0.4 is 0 Å². The van der Waals surface area contributed by atoms with E-state index in [1.807, 2.05) is 0 Å². The van der Waals surface area contributed by atoms with Crippen molar-refractivity contribution >= 4 is 11.9 Å². The summed E-state index contributed by atoms with van der Waals surface area (Å²) in [6.45, 7) is 4.16. The third-order valence-corrected chi connectivity index (χ3v) is 0.532. The van der Waals surface area contributed by atoms with Gasteiger partial charge in [0.25, 0.3) is 0 Å². The Morgan fingerprint density at radius 3 is 1.64 bits per heavy atom. The molecule has 64 valence electrons. The topological polar surface area (TPSA) is 94.8 Å². The number of rotatable bonds is 2.